The van der Waals surface area contributed by atoms with Gasteiger partial charge in [0.25, 0.3) is 10.1 Å². The summed E-state index contributed by atoms with van der Waals surface area (Å²) in [5.41, 5.74) is 0.0868. The van der Waals surface area contributed by atoms with E-state index in [0.717, 1.165) is 0 Å². The highest BCUT2D eigenvalue weighted by atomic mass is 32.2. The molecule has 0 saturated heterocycles. The van der Waals surface area contributed by atoms with Crippen molar-refractivity contribution in [3.05, 3.63) is 24.3 Å². The van der Waals surface area contributed by atoms with Crippen LogP contribution < -0.4 is 5.32 Å². The van der Waals surface area contributed by atoms with Gasteiger partial charge < -0.3 is 5.32 Å². The predicted molar refractivity (Wildman–Crippen MR) is 59.7 cm³/mol. The Morgan fingerprint density at radius 1 is 1.31 bits per heavy atom. The van der Waals surface area contributed by atoms with Gasteiger partial charge >= 0.3 is 0 Å². The molecule has 1 aromatic rings. The monoisotopic (exact) mass is 243 g/mol. The Kier molecular flexibility index (Phi) is 3.66. The molecule has 0 atom stereocenters. The summed E-state index contributed by atoms with van der Waals surface area (Å²) < 4.78 is 31.0. The van der Waals surface area contributed by atoms with E-state index in [0.29, 0.717) is 0 Å². The molecule has 0 fully saturated rings. The molecule has 2 N–H and O–H groups in total. The van der Waals surface area contributed by atoms with Crippen molar-refractivity contribution in [1.29, 1.82) is 0 Å². The van der Waals surface area contributed by atoms with Crippen LogP contribution in [0.5, 0.6) is 0 Å². The lowest BCUT2D eigenvalue weighted by Crippen LogP contribution is -2.19. The minimum atomic E-state index is -4.32. The molecule has 0 spiro atoms. The topological polar surface area (TPSA) is 83.5 Å². The molecule has 0 bridgehead atoms. The Balaban J connectivity index is 3.11. The molecule has 0 saturated carbocycles. The van der Waals surface area contributed by atoms with Crippen LogP contribution >= 0.6 is 0 Å². The van der Waals surface area contributed by atoms with Crippen molar-refractivity contribution in [2.45, 2.75) is 18.7 Å². The molecule has 16 heavy (non-hydrogen) atoms. The van der Waals surface area contributed by atoms with Gasteiger partial charge in [0.1, 0.15) is 4.90 Å². The summed E-state index contributed by atoms with van der Waals surface area (Å²) in [6, 6.07) is 5.69. The molecular formula is C10H13NO4S. The first-order valence-electron chi connectivity index (χ1n) is 4.69. The minimum Gasteiger partial charge on any atom is -0.325 e. The Labute approximate surface area is 94.2 Å². The van der Waals surface area contributed by atoms with Crippen LogP contribution in [0.25, 0.3) is 0 Å². The zero-order valence-corrected chi connectivity index (χ0v) is 9.78. The third kappa shape index (κ3) is 3.04. The van der Waals surface area contributed by atoms with E-state index in [2.05, 4.69) is 5.32 Å². The van der Waals surface area contributed by atoms with Crippen LogP contribution in [0.4, 0.5) is 5.69 Å². The van der Waals surface area contributed by atoms with Crippen molar-refractivity contribution in [2.24, 2.45) is 5.92 Å². The number of benzene rings is 1. The summed E-state index contributed by atoms with van der Waals surface area (Å²) in [6.45, 7) is 3.37. The fourth-order valence-electron chi connectivity index (χ4n) is 1.07. The van der Waals surface area contributed by atoms with E-state index < -0.39 is 10.1 Å². The van der Waals surface area contributed by atoms with Gasteiger partial charge in [-0.3, -0.25) is 9.35 Å². The number of hydrogen-bond donors (Lipinski definition) is 2. The minimum absolute atomic E-state index is 0.0868. The van der Waals surface area contributed by atoms with E-state index >= 15 is 0 Å². The van der Waals surface area contributed by atoms with Gasteiger partial charge in [0.15, 0.2) is 0 Å². The van der Waals surface area contributed by atoms with Gasteiger partial charge in [-0.15, -0.1) is 0 Å². The number of amides is 1. The number of carbonyl (C=O) groups is 1. The first kappa shape index (κ1) is 12.7. The molecule has 0 aliphatic rings. The van der Waals surface area contributed by atoms with Crippen molar-refractivity contribution < 1.29 is 17.8 Å². The van der Waals surface area contributed by atoms with Crippen LogP contribution in [0.1, 0.15) is 13.8 Å². The number of rotatable bonds is 3. The molecule has 0 heterocycles. The Morgan fingerprint density at radius 2 is 1.88 bits per heavy atom. The average Bonchev–Trinajstić information content (AvgIpc) is 2.16. The van der Waals surface area contributed by atoms with Crippen LogP contribution in [0.3, 0.4) is 0 Å². The maximum Gasteiger partial charge on any atom is 0.296 e. The maximum absolute atomic E-state index is 11.4. The number of anilines is 1. The fraction of sp³-hybridized carbons (Fsp3) is 0.300. The van der Waals surface area contributed by atoms with Crippen LogP contribution in [0, 0.1) is 5.92 Å². The van der Waals surface area contributed by atoms with Gasteiger partial charge in [-0.05, 0) is 12.1 Å². The number of carbonyl (C=O) groups excluding carboxylic acids is 1. The van der Waals surface area contributed by atoms with Gasteiger partial charge in [0, 0.05) is 5.92 Å². The highest BCUT2D eigenvalue weighted by molar-refractivity contribution is 7.86. The van der Waals surface area contributed by atoms with E-state index in [1.54, 1.807) is 19.9 Å². The summed E-state index contributed by atoms with van der Waals surface area (Å²) in [6.07, 6.45) is 0. The first-order chi connectivity index (χ1) is 7.32. The van der Waals surface area contributed by atoms with Crippen molar-refractivity contribution in [3.63, 3.8) is 0 Å². The van der Waals surface area contributed by atoms with E-state index in [1.165, 1.54) is 18.2 Å². The van der Waals surface area contributed by atoms with Crippen LogP contribution in [0.15, 0.2) is 29.2 Å². The molecule has 88 valence electrons. The highest BCUT2D eigenvalue weighted by Gasteiger charge is 2.17. The predicted octanol–water partition coefficient (Wildman–Crippen LogP) is 1.53. The lowest BCUT2D eigenvalue weighted by atomic mass is 10.2. The third-order valence-corrected chi connectivity index (χ3v) is 2.86. The van der Waals surface area contributed by atoms with Crippen molar-refractivity contribution in [1.82, 2.24) is 0 Å². The Hall–Kier alpha value is -1.40. The van der Waals surface area contributed by atoms with E-state index in [4.69, 9.17) is 4.55 Å². The van der Waals surface area contributed by atoms with Crippen LogP contribution in [-0.2, 0) is 14.9 Å². The fourth-order valence-corrected chi connectivity index (χ4v) is 1.72. The van der Waals surface area contributed by atoms with Gasteiger partial charge in [-0.2, -0.15) is 8.42 Å². The summed E-state index contributed by atoms with van der Waals surface area (Å²) in [4.78, 5) is 11.1. The standard InChI is InChI=1S/C10H13NO4S/c1-7(2)10(12)11-8-5-3-4-6-9(8)16(13,14)15/h3-7H,1-2H3,(H,11,12)(H,13,14,15). The second-order valence-electron chi connectivity index (χ2n) is 3.62. The smallest absolute Gasteiger partial charge is 0.296 e. The molecule has 6 heteroatoms. The molecule has 1 amide bonds. The second kappa shape index (κ2) is 4.63. The zero-order chi connectivity index (χ0) is 12.3. The molecule has 5 nitrogen and oxygen atoms in total. The number of nitrogens with one attached hydrogen (secondary N) is 1. The first-order valence-corrected chi connectivity index (χ1v) is 6.13. The van der Waals surface area contributed by atoms with Crippen LogP contribution in [0.2, 0.25) is 0 Å². The summed E-state index contributed by atoms with van der Waals surface area (Å²) in [7, 11) is -4.32. The molecule has 0 unspecified atom stereocenters. The lowest BCUT2D eigenvalue weighted by molar-refractivity contribution is -0.118. The van der Waals surface area contributed by atoms with Crippen molar-refractivity contribution >= 4 is 21.7 Å². The molecule has 0 aliphatic carbocycles. The van der Waals surface area contributed by atoms with E-state index in [9.17, 15) is 13.2 Å². The molecule has 1 rings (SSSR count). The molecule has 1 aromatic carbocycles. The normalized spacial score (nSPS) is 11.5. The Morgan fingerprint density at radius 3 is 2.38 bits per heavy atom. The van der Waals surface area contributed by atoms with Crippen LogP contribution in [-0.4, -0.2) is 18.9 Å². The van der Waals surface area contributed by atoms with Gasteiger partial charge in [0.05, 0.1) is 5.69 Å². The quantitative estimate of drug-likeness (QED) is 0.788. The maximum atomic E-state index is 11.4. The average molecular weight is 243 g/mol. The summed E-state index contributed by atoms with van der Waals surface area (Å²) in [5.74, 6) is -0.578. The highest BCUT2D eigenvalue weighted by Crippen LogP contribution is 2.20. The van der Waals surface area contributed by atoms with E-state index in [1.807, 2.05) is 0 Å². The summed E-state index contributed by atoms with van der Waals surface area (Å²) in [5, 5.41) is 2.44. The largest absolute Gasteiger partial charge is 0.325 e. The van der Waals surface area contributed by atoms with Crippen molar-refractivity contribution in [3.8, 4) is 0 Å². The molecule has 0 radical (unpaired) electrons. The lowest BCUT2D eigenvalue weighted by Gasteiger charge is -2.10. The second-order valence-corrected chi connectivity index (χ2v) is 5.01. The molecular weight excluding hydrogens is 230 g/mol. The number of hydrogen-bond acceptors (Lipinski definition) is 3. The van der Waals surface area contributed by atoms with E-state index in [-0.39, 0.29) is 22.4 Å². The van der Waals surface area contributed by atoms with Gasteiger partial charge in [-0.25, -0.2) is 0 Å². The third-order valence-electron chi connectivity index (χ3n) is 1.95. The zero-order valence-electron chi connectivity index (χ0n) is 8.97. The Bertz CT molecular complexity index is 493. The molecule has 0 aliphatic heterocycles. The SMILES string of the molecule is CC(C)C(=O)Nc1ccccc1S(=O)(=O)O. The van der Waals surface area contributed by atoms with Crippen molar-refractivity contribution in [2.75, 3.05) is 5.32 Å². The van der Waals surface area contributed by atoms with Gasteiger partial charge in [-0.1, -0.05) is 26.0 Å². The summed E-state index contributed by atoms with van der Waals surface area (Å²) >= 11 is 0. The molecule has 0 aromatic heterocycles. The number of para-hydroxylation sites is 1. The van der Waals surface area contributed by atoms with Gasteiger partial charge in [0.2, 0.25) is 5.91 Å².